The first-order valence-electron chi connectivity index (χ1n) is 3.87. The standard InChI is InChI=1S/C9H5N3O3/c10-2-1-6-4-9(13)7(5-11)3-8(6)12(14)15/h3-4,13H,1H2. The first-order chi connectivity index (χ1) is 7.10. The van der Waals surface area contributed by atoms with E-state index in [2.05, 4.69) is 0 Å². The van der Waals surface area contributed by atoms with Crippen molar-refractivity contribution in [3.05, 3.63) is 33.4 Å². The van der Waals surface area contributed by atoms with Gasteiger partial charge in [0.25, 0.3) is 5.69 Å². The van der Waals surface area contributed by atoms with E-state index in [4.69, 9.17) is 10.5 Å². The summed E-state index contributed by atoms with van der Waals surface area (Å²) in [6.45, 7) is 0. The van der Waals surface area contributed by atoms with Gasteiger partial charge in [-0.1, -0.05) is 0 Å². The van der Waals surface area contributed by atoms with Crippen molar-refractivity contribution in [3.63, 3.8) is 0 Å². The van der Waals surface area contributed by atoms with Gasteiger partial charge in [-0.15, -0.1) is 0 Å². The van der Waals surface area contributed by atoms with Gasteiger partial charge in [0.2, 0.25) is 0 Å². The van der Waals surface area contributed by atoms with Crippen LogP contribution in [0.25, 0.3) is 0 Å². The fourth-order valence-electron chi connectivity index (χ4n) is 1.11. The fraction of sp³-hybridized carbons (Fsp3) is 0.111. The summed E-state index contributed by atoms with van der Waals surface area (Å²) >= 11 is 0. The molecule has 0 saturated heterocycles. The molecule has 1 rings (SSSR count). The molecule has 0 aliphatic heterocycles. The predicted molar refractivity (Wildman–Crippen MR) is 48.8 cm³/mol. The Kier molecular flexibility index (Phi) is 2.85. The maximum absolute atomic E-state index is 10.6. The lowest BCUT2D eigenvalue weighted by atomic mass is 10.1. The van der Waals surface area contributed by atoms with Gasteiger partial charge in [0.05, 0.1) is 17.4 Å². The van der Waals surface area contributed by atoms with Crippen LogP contribution in [0.1, 0.15) is 11.1 Å². The quantitative estimate of drug-likeness (QED) is 0.574. The minimum atomic E-state index is -0.688. The Morgan fingerprint density at radius 3 is 2.60 bits per heavy atom. The molecule has 0 aliphatic rings. The van der Waals surface area contributed by atoms with E-state index in [9.17, 15) is 15.2 Å². The van der Waals surface area contributed by atoms with E-state index in [0.717, 1.165) is 12.1 Å². The van der Waals surface area contributed by atoms with Crippen molar-refractivity contribution >= 4 is 5.69 Å². The van der Waals surface area contributed by atoms with Gasteiger partial charge in [-0.05, 0) is 6.07 Å². The molecule has 1 aromatic carbocycles. The Balaban J connectivity index is 3.41. The van der Waals surface area contributed by atoms with Crippen molar-refractivity contribution in [2.75, 3.05) is 0 Å². The van der Waals surface area contributed by atoms with E-state index in [1.807, 2.05) is 0 Å². The number of nitro benzene ring substituents is 1. The largest absolute Gasteiger partial charge is 0.507 e. The van der Waals surface area contributed by atoms with Crippen LogP contribution in [0.2, 0.25) is 0 Å². The van der Waals surface area contributed by atoms with Gasteiger partial charge >= 0.3 is 0 Å². The molecule has 0 fully saturated rings. The number of hydrogen-bond donors (Lipinski definition) is 1. The molecule has 1 N–H and O–H groups in total. The summed E-state index contributed by atoms with van der Waals surface area (Å²) < 4.78 is 0. The smallest absolute Gasteiger partial charge is 0.275 e. The minimum Gasteiger partial charge on any atom is -0.507 e. The van der Waals surface area contributed by atoms with Crippen molar-refractivity contribution in [2.45, 2.75) is 6.42 Å². The number of phenolic OH excluding ortho intramolecular Hbond substituents is 1. The maximum Gasteiger partial charge on any atom is 0.275 e. The first-order valence-corrected chi connectivity index (χ1v) is 3.87. The Morgan fingerprint density at radius 2 is 2.13 bits per heavy atom. The molecule has 0 heterocycles. The molecule has 1 aromatic rings. The molecule has 6 nitrogen and oxygen atoms in total. The molecular weight excluding hydrogens is 198 g/mol. The average Bonchev–Trinajstić information content (AvgIpc) is 2.18. The molecule has 0 spiro atoms. The molecule has 0 aromatic heterocycles. The van der Waals surface area contributed by atoms with Crippen LogP contribution in [0.3, 0.4) is 0 Å². The highest BCUT2D eigenvalue weighted by atomic mass is 16.6. The third kappa shape index (κ3) is 2.01. The summed E-state index contributed by atoms with van der Waals surface area (Å²) in [5.74, 6) is -0.353. The van der Waals surface area contributed by atoms with E-state index in [1.54, 1.807) is 12.1 Å². The lowest BCUT2D eigenvalue weighted by Gasteiger charge is -2.01. The normalized spacial score (nSPS) is 8.93. The minimum absolute atomic E-state index is 0.0963. The third-order valence-electron chi connectivity index (χ3n) is 1.78. The summed E-state index contributed by atoms with van der Waals surface area (Å²) in [7, 11) is 0. The summed E-state index contributed by atoms with van der Waals surface area (Å²) in [6, 6.07) is 5.40. The summed E-state index contributed by atoms with van der Waals surface area (Å²) in [5.41, 5.74) is -0.409. The maximum atomic E-state index is 10.6. The highest BCUT2D eigenvalue weighted by Gasteiger charge is 2.17. The molecule has 0 amide bonds. The Hall–Kier alpha value is -2.60. The highest BCUT2D eigenvalue weighted by molar-refractivity contribution is 5.55. The Bertz CT molecular complexity index is 497. The van der Waals surface area contributed by atoms with Crippen LogP contribution in [-0.2, 0) is 6.42 Å². The Morgan fingerprint density at radius 1 is 1.47 bits per heavy atom. The summed E-state index contributed by atoms with van der Waals surface area (Å²) in [5, 5.41) is 36.8. The lowest BCUT2D eigenvalue weighted by molar-refractivity contribution is -0.385. The number of phenols is 1. The van der Waals surface area contributed by atoms with Crippen molar-refractivity contribution < 1.29 is 10.0 Å². The highest BCUT2D eigenvalue weighted by Crippen LogP contribution is 2.27. The van der Waals surface area contributed by atoms with Crippen LogP contribution in [0, 0.1) is 32.8 Å². The van der Waals surface area contributed by atoms with Gasteiger partial charge < -0.3 is 5.11 Å². The van der Waals surface area contributed by atoms with Crippen molar-refractivity contribution in [2.24, 2.45) is 0 Å². The van der Waals surface area contributed by atoms with Gasteiger partial charge in [0.1, 0.15) is 17.4 Å². The Labute approximate surface area is 84.8 Å². The van der Waals surface area contributed by atoms with Gasteiger partial charge in [-0.2, -0.15) is 10.5 Å². The number of nitro groups is 1. The van der Waals surface area contributed by atoms with E-state index in [0.29, 0.717) is 0 Å². The van der Waals surface area contributed by atoms with Crippen molar-refractivity contribution in [3.8, 4) is 17.9 Å². The van der Waals surface area contributed by atoms with E-state index in [1.165, 1.54) is 0 Å². The van der Waals surface area contributed by atoms with Crippen LogP contribution >= 0.6 is 0 Å². The van der Waals surface area contributed by atoms with Gasteiger partial charge in [0, 0.05) is 11.6 Å². The molecule has 0 unspecified atom stereocenters. The molecule has 0 radical (unpaired) electrons. The zero-order chi connectivity index (χ0) is 11.4. The molecular formula is C9H5N3O3. The van der Waals surface area contributed by atoms with Gasteiger partial charge in [-0.25, -0.2) is 0 Å². The topological polar surface area (TPSA) is 111 Å². The van der Waals surface area contributed by atoms with Gasteiger partial charge in [0.15, 0.2) is 0 Å². The number of nitrogens with zero attached hydrogens (tertiary/aromatic N) is 3. The van der Waals surface area contributed by atoms with Crippen molar-refractivity contribution in [1.82, 2.24) is 0 Å². The zero-order valence-corrected chi connectivity index (χ0v) is 7.47. The van der Waals surface area contributed by atoms with Crippen LogP contribution in [0.4, 0.5) is 5.69 Å². The van der Waals surface area contributed by atoms with E-state index in [-0.39, 0.29) is 29.0 Å². The number of nitriles is 2. The molecule has 0 bridgehead atoms. The molecule has 0 saturated carbocycles. The number of benzene rings is 1. The molecule has 15 heavy (non-hydrogen) atoms. The second-order valence-electron chi connectivity index (χ2n) is 2.70. The van der Waals surface area contributed by atoms with Crippen LogP contribution in [0.5, 0.6) is 5.75 Å². The summed E-state index contributed by atoms with van der Waals surface area (Å²) in [6.07, 6.45) is -0.185. The van der Waals surface area contributed by atoms with E-state index < -0.39 is 4.92 Å². The first kappa shape index (κ1) is 10.5. The van der Waals surface area contributed by atoms with Crippen LogP contribution < -0.4 is 0 Å². The molecule has 74 valence electrons. The van der Waals surface area contributed by atoms with E-state index >= 15 is 0 Å². The molecule has 6 heteroatoms. The monoisotopic (exact) mass is 203 g/mol. The predicted octanol–water partition coefficient (Wildman–Crippen LogP) is 1.24. The third-order valence-corrected chi connectivity index (χ3v) is 1.78. The lowest BCUT2D eigenvalue weighted by Crippen LogP contribution is -1.96. The number of hydrogen-bond acceptors (Lipinski definition) is 5. The average molecular weight is 203 g/mol. The summed E-state index contributed by atoms with van der Waals surface area (Å²) in [4.78, 5) is 9.89. The SMILES string of the molecule is N#CCc1cc(O)c(C#N)cc1[N+](=O)[O-]. The zero-order valence-electron chi connectivity index (χ0n) is 7.47. The second kappa shape index (κ2) is 4.07. The number of rotatable bonds is 2. The fourth-order valence-corrected chi connectivity index (χ4v) is 1.11. The van der Waals surface area contributed by atoms with Crippen LogP contribution in [0.15, 0.2) is 12.1 Å². The van der Waals surface area contributed by atoms with Crippen LogP contribution in [-0.4, -0.2) is 10.0 Å². The molecule has 0 aliphatic carbocycles. The van der Waals surface area contributed by atoms with Crippen molar-refractivity contribution in [1.29, 1.82) is 10.5 Å². The number of aromatic hydroxyl groups is 1. The molecule has 0 atom stereocenters. The second-order valence-corrected chi connectivity index (χ2v) is 2.70. The van der Waals surface area contributed by atoms with Gasteiger partial charge in [-0.3, -0.25) is 10.1 Å².